The van der Waals surface area contributed by atoms with Crippen LogP contribution in [0.1, 0.15) is 16.7 Å². The smallest absolute Gasteiger partial charge is 0.197 e. The lowest BCUT2D eigenvalue weighted by Crippen LogP contribution is -2.11. The number of fused-ring (bicyclic) bond motifs is 1. The van der Waals surface area contributed by atoms with Crippen LogP contribution in [0.2, 0.25) is 0 Å². The van der Waals surface area contributed by atoms with Gasteiger partial charge in [-0.05, 0) is 71.6 Å². The van der Waals surface area contributed by atoms with Gasteiger partial charge in [0.15, 0.2) is 10.1 Å². The summed E-state index contributed by atoms with van der Waals surface area (Å²) in [6, 6.07) is 10.1. The largest absolute Gasteiger partial charge is 0.449 e. The van der Waals surface area contributed by atoms with Crippen molar-refractivity contribution in [2.45, 2.75) is 19.8 Å². The molecule has 0 fully saturated rings. The molecule has 0 N–H and O–H groups in total. The van der Waals surface area contributed by atoms with Crippen LogP contribution in [0.5, 0.6) is 0 Å². The fourth-order valence-electron chi connectivity index (χ4n) is 2.53. The monoisotopic (exact) mass is 438 g/mol. The van der Waals surface area contributed by atoms with E-state index in [0.29, 0.717) is 34.0 Å². The predicted octanol–water partition coefficient (Wildman–Crippen LogP) is 5.55. The van der Waals surface area contributed by atoms with Crippen LogP contribution in [0.4, 0.5) is 4.39 Å². The molecule has 118 valence electrons. The number of aryl methyl sites for hydroxylation is 2. The van der Waals surface area contributed by atoms with E-state index in [9.17, 15) is 9.18 Å². The molecule has 0 spiro atoms. The minimum absolute atomic E-state index is 0.0469. The van der Waals surface area contributed by atoms with E-state index in [4.69, 9.17) is 4.42 Å². The van der Waals surface area contributed by atoms with Gasteiger partial charge in [-0.3, -0.25) is 4.79 Å². The van der Waals surface area contributed by atoms with Crippen LogP contribution in [0.25, 0.3) is 11.0 Å². The highest BCUT2D eigenvalue weighted by molar-refractivity contribution is 9.10. The summed E-state index contributed by atoms with van der Waals surface area (Å²) in [5, 5.41) is 0.571. The molecule has 0 aliphatic heterocycles. The van der Waals surface area contributed by atoms with E-state index in [1.165, 1.54) is 12.1 Å². The average Bonchev–Trinajstić information content (AvgIpc) is 2.51. The molecule has 0 aliphatic carbocycles. The lowest BCUT2D eigenvalue weighted by Gasteiger charge is -2.08. The molecular formula is C18H13Br2FO2. The highest BCUT2D eigenvalue weighted by atomic mass is 79.9. The number of rotatable bonds is 3. The number of hydrogen-bond donors (Lipinski definition) is 0. The Kier molecular flexibility index (Phi) is 4.69. The van der Waals surface area contributed by atoms with E-state index in [0.717, 1.165) is 15.6 Å². The molecule has 0 amide bonds. The third-order valence-electron chi connectivity index (χ3n) is 3.74. The molecule has 2 aromatic carbocycles. The first kappa shape index (κ1) is 16.4. The van der Waals surface area contributed by atoms with E-state index in [1.807, 2.05) is 19.1 Å². The normalized spacial score (nSPS) is 11.1. The van der Waals surface area contributed by atoms with Gasteiger partial charge >= 0.3 is 0 Å². The second kappa shape index (κ2) is 6.57. The van der Waals surface area contributed by atoms with Crippen molar-refractivity contribution in [2.24, 2.45) is 0 Å². The van der Waals surface area contributed by atoms with Crippen molar-refractivity contribution in [3.05, 3.63) is 78.3 Å². The number of halogens is 3. The Morgan fingerprint density at radius 3 is 2.65 bits per heavy atom. The minimum atomic E-state index is -0.288. The third kappa shape index (κ3) is 3.40. The second-order valence-corrected chi connectivity index (χ2v) is 6.99. The van der Waals surface area contributed by atoms with Crippen LogP contribution in [0.15, 0.2) is 54.8 Å². The van der Waals surface area contributed by atoms with Gasteiger partial charge in [0.2, 0.25) is 0 Å². The first-order chi connectivity index (χ1) is 11.0. The maximum absolute atomic E-state index is 13.4. The second-order valence-electron chi connectivity index (χ2n) is 5.42. The fraction of sp³-hybridized carbons (Fsp3) is 0.167. The topological polar surface area (TPSA) is 30.2 Å². The van der Waals surface area contributed by atoms with E-state index in [-0.39, 0.29) is 11.2 Å². The molecule has 0 bridgehead atoms. The zero-order valence-corrected chi connectivity index (χ0v) is 15.5. The van der Waals surface area contributed by atoms with Gasteiger partial charge in [-0.25, -0.2) is 4.39 Å². The van der Waals surface area contributed by atoms with Crippen molar-refractivity contribution in [1.29, 1.82) is 0 Å². The molecule has 0 unspecified atom stereocenters. The van der Waals surface area contributed by atoms with Crippen LogP contribution in [-0.4, -0.2) is 0 Å². The Balaban J connectivity index is 2.00. The summed E-state index contributed by atoms with van der Waals surface area (Å²) >= 11 is 6.75. The zero-order chi connectivity index (χ0) is 16.6. The van der Waals surface area contributed by atoms with Crippen molar-refractivity contribution in [2.75, 3.05) is 0 Å². The van der Waals surface area contributed by atoms with Gasteiger partial charge in [-0.1, -0.05) is 27.6 Å². The molecule has 3 aromatic rings. The molecular weight excluding hydrogens is 427 g/mol. The molecule has 0 saturated carbocycles. The van der Waals surface area contributed by atoms with Gasteiger partial charge in [0, 0.05) is 4.47 Å². The van der Waals surface area contributed by atoms with Crippen LogP contribution in [0, 0.1) is 12.7 Å². The number of hydrogen-bond acceptors (Lipinski definition) is 2. The summed E-state index contributed by atoms with van der Waals surface area (Å²) in [5.41, 5.74) is 2.91. The van der Waals surface area contributed by atoms with E-state index >= 15 is 0 Å². The van der Waals surface area contributed by atoms with Gasteiger partial charge in [0.1, 0.15) is 11.4 Å². The molecule has 0 aliphatic rings. The third-order valence-corrected chi connectivity index (χ3v) is 5.16. The maximum Gasteiger partial charge on any atom is 0.197 e. The summed E-state index contributed by atoms with van der Waals surface area (Å²) < 4.78 is 20.3. The first-order valence-electron chi connectivity index (χ1n) is 7.11. The molecule has 0 radical (unpaired) electrons. The van der Waals surface area contributed by atoms with Gasteiger partial charge in [-0.2, -0.15) is 0 Å². The van der Waals surface area contributed by atoms with Crippen LogP contribution in [-0.2, 0) is 12.8 Å². The fourth-order valence-corrected chi connectivity index (χ4v) is 3.52. The Labute approximate surface area is 149 Å². The van der Waals surface area contributed by atoms with E-state index < -0.39 is 0 Å². The summed E-state index contributed by atoms with van der Waals surface area (Å²) in [4.78, 5) is 12.7. The first-order valence-corrected chi connectivity index (χ1v) is 8.70. The van der Waals surface area contributed by atoms with Gasteiger partial charge in [0.25, 0.3) is 0 Å². The van der Waals surface area contributed by atoms with Crippen molar-refractivity contribution < 1.29 is 8.81 Å². The molecule has 1 aromatic heterocycles. The molecule has 5 heteroatoms. The van der Waals surface area contributed by atoms with E-state index in [1.54, 1.807) is 12.1 Å². The van der Waals surface area contributed by atoms with Gasteiger partial charge in [0.05, 0.1) is 10.9 Å². The Morgan fingerprint density at radius 1 is 1.09 bits per heavy atom. The van der Waals surface area contributed by atoms with Crippen molar-refractivity contribution >= 4 is 42.8 Å². The number of benzene rings is 2. The Bertz CT molecular complexity index is 948. The zero-order valence-electron chi connectivity index (χ0n) is 12.3. The molecule has 0 atom stereocenters. The van der Waals surface area contributed by atoms with Crippen molar-refractivity contribution in [3.8, 4) is 0 Å². The van der Waals surface area contributed by atoms with Crippen LogP contribution < -0.4 is 5.43 Å². The molecule has 0 saturated heterocycles. The summed E-state index contributed by atoms with van der Waals surface area (Å²) in [6.45, 7) is 1.93. The van der Waals surface area contributed by atoms with Crippen LogP contribution >= 0.6 is 31.9 Å². The lowest BCUT2D eigenvalue weighted by molar-refractivity contribution is 0.561. The molecule has 1 heterocycles. The Morgan fingerprint density at radius 2 is 1.87 bits per heavy atom. The molecule has 23 heavy (non-hydrogen) atoms. The van der Waals surface area contributed by atoms with Gasteiger partial charge in [-0.15, -0.1) is 0 Å². The molecule has 3 rings (SSSR count). The highest BCUT2D eigenvalue weighted by Crippen LogP contribution is 2.24. The minimum Gasteiger partial charge on any atom is -0.449 e. The predicted molar refractivity (Wildman–Crippen MR) is 96.4 cm³/mol. The quantitative estimate of drug-likeness (QED) is 0.535. The van der Waals surface area contributed by atoms with Crippen LogP contribution in [0.3, 0.4) is 0 Å². The maximum atomic E-state index is 13.4. The SMILES string of the molecule is Cc1ccc2oc(Br)c(CCc3cc(F)ccc3Br)c(=O)c2c1. The van der Waals surface area contributed by atoms with Crippen molar-refractivity contribution in [1.82, 2.24) is 0 Å². The average molecular weight is 440 g/mol. The summed E-state index contributed by atoms with van der Waals surface area (Å²) in [6.07, 6.45) is 1.01. The van der Waals surface area contributed by atoms with E-state index in [2.05, 4.69) is 31.9 Å². The Hall–Kier alpha value is -1.46. The lowest BCUT2D eigenvalue weighted by atomic mass is 10.0. The highest BCUT2D eigenvalue weighted by Gasteiger charge is 2.13. The van der Waals surface area contributed by atoms with Gasteiger partial charge < -0.3 is 4.42 Å². The van der Waals surface area contributed by atoms with Crippen molar-refractivity contribution in [3.63, 3.8) is 0 Å². The summed E-state index contributed by atoms with van der Waals surface area (Å²) in [5.74, 6) is -0.288. The standard InChI is InChI=1S/C18H13Br2FO2/c1-10-2-7-16-14(8-10)17(22)13(18(20)23-16)5-3-11-9-12(21)4-6-15(11)19/h2,4,6-9H,3,5H2,1H3. The summed E-state index contributed by atoms with van der Waals surface area (Å²) in [7, 11) is 0. The molecule has 2 nitrogen and oxygen atoms in total.